The number of nitrogens with zero attached hydrogens (tertiary/aromatic N) is 1. The van der Waals surface area contributed by atoms with Gasteiger partial charge in [-0.3, -0.25) is 19.7 Å². The summed E-state index contributed by atoms with van der Waals surface area (Å²) in [5.74, 6) is -1.15. The molecule has 1 heterocycles. The highest BCUT2D eigenvalue weighted by atomic mass is 79.9. The fourth-order valence-electron chi connectivity index (χ4n) is 2.58. The minimum Gasteiger partial charge on any atom is -0.466 e. The summed E-state index contributed by atoms with van der Waals surface area (Å²) in [5.41, 5.74) is 0.434. The molecule has 0 bridgehead atoms. The van der Waals surface area contributed by atoms with E-state index in [-0.39, 0.29) is 23.3 Å². The molecule has 2 N–H and O–H groups in total. The molecule has 1 atom stereocenters. The van der Waals surface area contributed by atoms with Crippen LogP contribution < -0.4 is 10.6 Å². The van der Waals surface area contributed by atoms with Gasteiger partial charge in [0.05, 0.1) is 13.0 Å². The number of amides is 2. The van der Waals surface area contributed by atoms with Crippen molar-refractivity contribution in [3.05, 3.63) is 34.3 Å². The van der Waals surface area contributed by atoms with E-state index in [1.54, 1.807) is 23.1 Å². The lowest BCUT2D eigenvalue weighted by atomic mass is 10.1. The number of nitrogens with one attached hydrogen (secondary N) is 2. The number of piperazine rings is 1. The number of halogens is 1. The maximum absolute atomic E-state index is 12.4. The second kappa shape index (κ2) is 10.4. The number of unbranched alkanes of at least 4 members (excludes halogenated alkanes) is 1. The standard InChI is InChI=1S/C18H22BrN3O4S/c1-2-3-9-26-15(23)11-14-17(25)20-7-8-22(14)18(27)21-16(24)12-5-4-6-13(19)10-12/h4-6,10,14H,2-3,7-9,11H2,1H3,(H,20,25)(H,21,24,27). The average molecular weight is 456 g/mol. The van der Waals surface area contributed by atoms with E-state index < -0.39 is 12.0 Å². The number of benzene rings is 1. The Kier molecular flexibility index (Phi) is 8.18. The highest BCUT2D eigenvalue weighted by molar-refractivity contribution is 9.10. The average Bonchev–Trinajstić information content (AvgIpc) is 2.63. The summed E-state index contributed by atoms with van der Waals surface area (Å²) >= 11 is 8.64. The topological polar surface area (TPSA) is 87.7 Å². The van der Waals surface area contributed by atoms with Gasteiger partial charge in [0.2, 0.25) is 5.91 Å². The molecule has 1 fully saturated rings. The molecule has 146 valence electrons. The molecule has 9 heteroatoms. The van der Waals surface area contributed by atoms with E-state index in [1.165, 1.54) is 0 Å². The van der Waals surface area contributed by atoms with Crippen LogP contribution in [0.5, 0.6) is 0 Å². The lowest BCUT2D eigenvalue weighted by molar-refractivity contribution is -0.147. The van der Waals surface area contributed by atoms with Gasteiger partial charge >= 0.3 is 5.97 Å². The molecule has 0 aromatic heterocycles. The molecule has 0 spiro atoms. The van der Waals surface area contributed by atoms with Gasteiger partial charge < -0.3 is 15.0 Å². The predicted molar refractivity (Wildman–Crippen MR) is 108 cm³/mol. The molecule has 1 aliphatic heterocycles. The number of hydrogen-bond donors (Lipinski definition) is 2. The van der Waals surface area contributed by atoms with E-state index >= 15 is 0 Å². The van der Waals surface area contributed by atoms with Crippen molar-refractivity contribution in [2.24, 2.45) is 0 Å². The first-order valence-corrected chi connectivity index (χ1v) is 9.93. The van der Waals surface area contributed by atoms with Crippen LogP contribution in [0.1, 0.15) is 36.5 Å². The van der Waals surface area contributed by atoms with E-state index in [4.69, 9.17) is 17.0 Å². The van der Waals surface area contributed by atoms with Crippen LogP contribution in [-0.2, 0) is 14.3 Å². The van der Waals surface area contributed by atoms with Crippen LogP contribution >= 0.6 is 28.1 Å². The van der Waals surface area contributed by atoms with Gasteiger partial charge in [-0.1, -0.05) is 35.3 Å². The van der Waals surface area contributed by atoms with Crippen LogP contribution in [0, 0.1) is 0 Å². The van der Waals surface area contributed by atoms with Crippen molar-refractivity contribution in [3.8, 4) is 0 Å². The van der Waals surface area contributed by atoms with Crippen molar-refractivity contribution in [2.75, 3.05) is 19.7 Å². The lowest BCUT2D eigenvalue weighted by Crippen LogP contribution is -2.60. The van der Waals surface area contributed by atoms with Crippen molar-refractivity contribution < 1.29 is 19.1 Å². The first-order valence-electron chi connectivity index (χ1n) is 8.73. The first kappa shape index (κ1) is 21.3. The zero-order valence-corrected chi connectivity index (χ0v) is 17.4. The van der Waals surface area contributed by atoms with Crippen LogP contribution in [0.2, 0.25) is 0 Å². The number of carbonyl (C=O) groups excluding carboxylic acids is 3. The normalized spacial score (nSPS) is 16.4. The largest absolute Gasteiger partial charge is 0.466 e. The molecule has 2 rings (SSSR count). The minimum atomic E-state index is -0.803. The third kappa shape index (κ3) is 6.28. The number of rotatable bonds is 6. The quantitative estimate of drug-likeness (QED) is 0.387. The van der Waals surface area contributed by atoms with E-state index in [2.05, 4.69) is 26.6 Å². The van der Waals surface area contributed by atoms with Gasteiger partial charge in [-0.25, -0.2) is 0 Å². The van der Waals surface area contributed by atoms with E-state index in [0.717, 1.165) is 17.3 Å². The van der Waals surface area contributed by atoms with Crippen LogP contribution in [0.3, 0.4) is 0 Å². The Bertz CT molecular complexity index is 728. The molecular formula is C18H22BrN3O4S. The summed E-state index contributed by atoms with van der Waals surface area (Å²) in [6.45, 7) is 3.10. The Morgan fingerprint density at radius 1 is 1.44 bits per heavy atom. The lowest BCUT2D eigenvalue weighted by Gasteiger charge is -2.36. The maximum Gasteiger partial charge on any atom is 0.308 e. The molecule has 0 radical (unpaired) electrons. The molecular weight excluding hydrogens is 434 g/mol. The van der Waals surface area contributed by atoms with Gasteiger partial charge in [-0.15, -0.1) is 0 Å². The molecule has 1 aromatic rings. The Morgan fingerprint density at radius 2 is 2.22 bits per heavy atom. The Morgan fingerprint density at radius 3 is 2.93 bits per heavy atom. The van der Waals surface area contributed by atoms with Crippen LogP contribution in [-0.4, -0.2) is 53.5 Å². The van der Waals surface area contributed by atoms with Crippen LogP contribution in [0.4, 0.5) is 0 Å². The van der Waals surface area contributed by atoms with Crippen molar-refractivity contribution in [3.63, 3.8) is 0 Å². The predicted octanol–water partition coefficient (Wildman–Crippen LogP) is 2.00. The molecule has 1 aliphatic rings. The third-order valence-corrected chi connectivity index (χ3v) is 4.85. The Hall–Kier alpha value is -2.00. The summed E-state index contributed by atoms with van der Waals surface area (Å²) < 4.78 is 5.91. The van der Waals surface area contributed by atoms with Gasteiger partial charge in [-0.05, 0) is 36.8 Å². The van der Waals surface area contributed by atoms with Crippen molar-refractivity contribution >= 4 is 51.0 Å². The third-order valence-electron chi connectivity index (χ3n) is 4.02. The minimum absolute atomic E-state index is 0.112. The van der Waals surface area contributed by atoms with Gasteiger partial charge in [0, 0.05) is 23.1 Å². The van der Waals surface area contributed by atoms with Gasteiger partial charge in [0.25, 0.3) is 5.91 Å². The van der Waals surface area contributed by atoms with Crippen molar-refractivity contribution in [2.45, 2.75) is 32.2 Å². The maximum atomic E-state index is 12.4. The van der Waals surface area contributed by atoms with Crippen molar-refractivity contribution in [1.29, 1.82) is 0 Å². The number of thiocarbonyl (C=S) groups is 1. The molecule has 7 nitrogen and oxygen atoms in total. The smallest absolute Gasteiger partial charge is 0.308 e. The molecule has 27 heavy (non-hydrogen) atoms. The number of carbonyl (C=O) groups is 3. The van der Waals surface area contributed by atoms with Gasteiger partial charge in [-0.2, -0.15) is 0 Å². The Labute approximate surface area is 171 Å². The second-order valence-corrected chi connectivity index (χ2v) is 7.35. The summed E-state index contributed by atoms with van der Waals surface area (Å²) in [5, 5.41) is 5.46. The fourth-order valence-corrected chi connectivity index (χ4v) is 3.29. The first-order chi connectivity index (χ1) is 12.9. The van der Waals surface area contributed by atoms with Crippen molar-refractivity contribution in [1.82, 2.24) is 15.5 Å². The summed E-state index contributed by atoms with van der Waals surface area (Å²) in [7, 11) is 0. The van der Waals surface area contributed by atoms with Crippen LogP contribution in [0.15, 0.2) is 28.7 Å². The summed E-state index contributed by atoms with van der Waals surface area (Å²) in [6.07, 6.45) is 1.56. The van der Waals surface area contributed by atoms with E-state index in [0.29, 0.717) is 25.3 Å². The van der Waals surface area contributed by atoms with E-state index in [9.17, 15) is 14.4 Å². The molecule has 1 unspecified atom stereocenters. The fraction of sp³-hybridized carbons (Fsp3) is 0.444. The summed E-state index contributed by atoms with van der Waals surface area (Å²) in [4.78, 5) is 38.2. The molecule has 0 aliphatic carbocycles. The van der Waals surface area contributed by atoms with Crippen LogP contribution in [0.25, 0.3) is 0 Å². The molecule has 0 saturated carbocycles. The molecule has 1 saturated heterocycles. The van der Waals surface area contributed by atoms with Gasteiger partial charge in [0.1, 0.15) is 6.04 Å². The monoisotopic (exact) mass is 455 g/mol. The molecule has 1 aromatic carbocycles. The van der Waals surface area contributed by atoms with Gasteiger partial charge in [0.15, 0.2) is 5.11 Å². The highest BCUT2D eigenvalue weighted by Crippen LogP contribution is 2.13. The number of esters is 1. The number of ether oxygens (including phenoxy) is 1. The Balaban J connectivity index is 2.01. The summed E-state index contributed by atoms with van der Waals surface area (Å²) in [6, 6.07) is 6.08. The second-order valence-electron chi connectivity index (χ2n) is 6.05. The van der Waals surface area contributed by atoms with E-state index in [1.807, 2.05) is 13.0 Å². The number of hydrogen-bond acceptors (Lipinski definition) is 5. The zero-order valence-electron chi connectivity index (χ0n) is 15.0. The molecule has 2 amide bonds. The zero-order chi connectivity index (χ0) is 19.8. The SMILES string of the molecule is CCCCOC(=O)CC1C(=O)NCCN1C(=S)NC(=O)c1cccc(Br)c1. The highest BCUT2D eigenvalue weighted by Gasteiger charge is 2.34.